The van der Waals surface area contributed by atoms with Crippen molar-refractivity contribution in [1.82, 2.24) is 4.31 Å². The Morgan fingerprint density at radius 1 is 0.906 bits per heavy atom. The molecule has 0 radical (unpaired) electrons. The highest BCUT2D eigenvalue weighted by atomic mass is 32.2. The number of carbonyl (C=O) groups is 1. The number of hydrogen-bond acceptors (Lipinski definition) is 3. The lowest BCUT2D eigenvalue weighted by Gasteiger charge is -2.21. The Morgan fingerprint density at radius 2 is 1.47 bits per heavy atom. The fraction of sp³-hybridized carbons (Fsp3) is 0.192. The van der Waals surface area contributed by atoms with E-state index in [0.29, 0.717) is 0 Å². The van der Waals surface area contributed by atoms with Crippen LogP contribution in [0.3, 0.4) is 0 Å². The van der Waals surface area contributed by atoms with Crippen LogP contribution in [-0.2, 0) is 21.4 Å². The molecule has 0 spiro atoms. The van der Waals surface area contributed by atoms with Crippen molar-refractivity contribution in [2.75, 3.05) is 11.9 Å². The molecule has 1 N–H and O–H groups in total. The number of aryl methyl sites for hydroxylation is 3. The summed E-state index contributed by atoms with van der Waals surface area (Å²) >= 11 is 0. The lowest BCUT2D eigenvalue weighted by molar-refractivity contribution is -0.116. The van der Waals surface area contributed by atoms with Gasteiger partial charge in [-0.3, -0.25) is 4.79 Å². The minimum absolute atomic E-state index is 0.0988. The van der Waals surface area contributed by atoms with Crippen molar-refractivity contribution >= 4 is 27.7 Å². The summed E-state index contributed by atoms with van der Waals surface area (Å²) in [5, 5.41) is 4.05. The van der Waals surface area contributed by atoms with E-state index in [0.717, 1.165) is 38.9 Å². The number of nitrogens with zero attached hydrogens (tertiary/aromatic N) is 1. The van der Waals surface area contributed by atoms with Crippen molar-refractivity contribution < 1.29 is 13.2 Å². The highest BCUT2D eigenvalue weighted by Crippen LogP contribution is 2.22. The SMILES string of the molecule is Cc1cc(C)c(NC(=O)CN(Cc2ccccc2)S(=O)(=O)/C=C/c2ccccc2)c(C)c1. The summed E-state index contributed by atoms with van der Waals surface area (Å²) in [6, 6.07) is 22.4. The maximum absolute atomic E-state index is 13.1. The maximum Gasteiger partial charge on any atom is 0.239 e. The van der Waals surface area contributed by atoms with E-state index < -0.39 is 10.0 Å². The summed E-state index contributed by atoms with van der Waals surface area (Å²) in [5.41, 5.74) is 5.29. The molecule has 166 valence electrons. The van der Waals surface area contributed by atoms with Crippen LogP contribution in [0.15, 0.2) is 78.2 Å². The highest BCUT2D eigenvalue weighted by molar-refractivity contribution is 7.92. The standard InChI is InChI=1S/C26H28N2O3S/c1-20-16-21(2)26(22(3)17-20)27-25(29)19-28(18-24-12-8-5-9-13-24)32(30,31)15-14-23-10-6-4-7-11-23/h4-17H,18-19H2,1-3H3,(H,27,29)/b15-14+. The lowest BCUT2D eigenvalue weighted by atomic mass is 10.1. The molecule has 0 heterocycles. The van der Waals surface area contributed by atoms with Crippen molar-refractivity contribution in [3.8, 4) is 0 Å². The van der Waals surface area contributed by atoms with Gasteiger partial charge in [0.05, 0.1) is 6.54 Å². The Hall–Kier alpha value is -3.22. The van der Waals surface area contributed by atoms with Crippen LogP contribution in [0.2, 0.25) is 0 Å². The second kappa shape index (κ2) is 10.4. The largest absolute Gasteiger partial charge is 0.324 e. The first-order valence-corrected chi connectivity index (χ1v) is 11.9. The summed E-state index contributed by atoms with van der Waals surface area (Å²) in [7, 11) is -3.84. The summed E-state index contributed by atoms with van der Waals surface area (Å²) in [5.74, 6) is -0.382. The van der Waals surface area contributed by atoms with E-state index in [1.54, 1.807) is 6.08 Å². The molecule has 0 unspecified atom stereocenters. The number of anilines is 1. The minimum atomic E-state index is -3.84. The number of hydrogen-bond donors (Lipinski definition) is 1. The molecule has 0 fully saturated rings. The second-order valence-corrected chi connectivity index (χ2v) is 9.65. The molecule has 5 nitrogen and oxygen atoms in total. The quantitative estimate of drug-likeness (QED) is 0.524. The molecule has 0 aliphatic carbocycles. The smallest absolute Gasteiger partial charge is 0.239 e. The van der Waals surface area contributed by atoms with Crippen LogP contribution in [0, 0.1) is 20.8 Å². The fourth-order valence-electron chi connectivity index (χ4n) is 3.55. The first kappa shape index (κ1) is 23.4. The van der Waals surface area contributed by atoms with Crippen molar-refractivity contribution in [3.05, 3.63) is 106 Å². The predicted molar refractivity (Wildman–Crippen MR) is 131 cm³/mol. The molecule has 3 rings (SSSR count). The van der Waals surface area contributed by atoms with Gasteiger partial charge in [-0.2, -0.15) is 4.31 Å². The molecule has 0 aliphatic rings. The van der Waals surface area contributed by atoms with Gasteiger partial charge in [-0.1, -0.05) is 78.4 Å². The van der Waals surface area contributed by atoms with Crippen molar-refractivity contribution in [3.63, 3.8) is 0 Å². The maximum atomic E-state index is 13.1. The number of sulfonamides is 1. The molecule has 3 aromatic rings. The van der Waals surface area contributed by atoms with E-state index in [9.17, 15) is 13.2 Å². The second-order valence-electron chi connectivity index (χ2n) is 7.83. The average Bonchev–Trinajstić information content (AvgIpc) is 2.76. The van der Waals surface area contributed by atoms with E-state index >= 15 is 0 Å². The van der Waals surface area contributed by atoms with Gasteiger partial charge in [-0.15, -0.1) is 0 Å². The van der Waals surface area contributed by atoms with Crippen LogP contribution in [0.25, 0.3) is 6.08 Å². The number of rotatable bonds is 8. The minimum Gasteiger partial charge on any atom is -0.324 e. The lowest BCUT2D eigenvalue weighted by Crippen LogP contribution is -2.36. The van der Waals surface area contributed by atoms with Crippen LogP contribution in [0.4, 0.5) is 5.69 Å². The molecule has 0 bridgehead atoms. The van der Waals surface area contributed by atoms with Gasteiger partial charge in [-0.25, -0.2) is 8.42 Å². The number of carbonyl (C=O) groups excluding carboxylic acids is 1. The third-order valence-electron chi connectivity index (χ3n) is 5.06. The molecule has 6 heteroatoms. The Balaban J connectivity index is 1.84. The van der Waals surface area contributed by atoms with Gasteiger partial charge in [-0.05, 0) is 49.1 Å². The van der Waals surface area contributed by atoms with E-state index in [-0.39, 0.29) is 19.0 Å². The Morgan fingerprint density at radius 3 is 2.06 bits per heavy atom. The Bertz CT molecular complexity index is 1180. The van der Waals surface area contributed by atoms with Gasteiger partial charge in [0, 0.05) is 17.6 Å². The molecule has 0 saturated carbocycles. The zero-order valence-electron chi connectivity index (χ0n) is 18.6. The number of amides is 1. The van der Waals surface area contributed by atoms with Crippen LogP contribution in [-0.4, -0.2) is 25.2 Å². The molecule has 1 amide bonds. The predicted octanol–water partition coefficient (Wildman–Crippen LogP) is 5.05. The zero-order chi connectivity index (χ0) is 23.1. The van der Waals surface area contributed by atoms with Crippen LogP contribution < -0.4 is 5.32 Å². The van der Waals surface area contributed by atoms with Gasteiger partial charge in [0.1, 0.15) is 0 Å². The van der Waals surface area contributed by atoms with Gasteiger partial charge in [0.2, 0.25) is 15.9 Å². The first-order valence-electron chi connectivity index (χ1n) is 10.4. The molecule has 0 aliphatic heterocycles. The molecule has 0 aromatic heterocycles. The van der Waals surface area contributed by atoms with E-state index in [2.05, 4.69) is 5.32 Å². The van der Waals surface area contributed by atoms with Gasteiger partial charge in [0.25, 0.3) is 0 Å². The normalized spacial score (nSPS) is 11.8. The third-order valence-corrected chi connectivity index (χ3v) is 6.51. The third kappa shape index (κ3) is 6.39. The zero-order valence-corrected chi connectivity index (χ0v) is 19.4. The van der Waals surface area contributed by atoms with E-state index in [1.165, 1.54) is 4.31 Å². The van der Waals surface area contributed by atoms with Crippen LogP contribution >= 0.6 is 0 Å². The molecule has 0 saturated heterocycles. The first-order chi connectivity index (χ1) is 15.2. The fourth-order valence-corrected chi connectivity index (χ4v) is 4.68. The van der Waals surface area contributed by atoms with Crippen molar-refractivity contribution in [2.24, 2.45) is 0 Å². The van der Waals surface area contributed by atoms with E-state index in [4.69, 9.17) is 0 Å². The van der Waals surface area contributed by atoms with Gasteiger partial charge >= 0.3 is 0 Å². The molecule has 32 heavy (non-hydrogen) atoms. The van der Waals surface area contributed by atoms with Crippen LogP contribution in [0.1, 0.15) is 27.8 Å². The summed E-state index contributed by atoms with van der Waals surface area (Å²) in [6.45, 7) is 5.66. The summed E-state index contributed by atoms with van der Waals surface area (Å²) in [6.07, 6.45) is 1.54. The van der Waals surface area contributed by atoms with Crippen LogP contribution in [0.5, 0.6) is 0 Å². The monoisotopic (exact) mass is 448 g/mol. The average molecular weight is 449 g/mol. The molecular formula is C26H28N2O3S. The summed E-state index contributed by atoms with van der Waals surface area (Å²) < 4.78 is 27.5. The number of benzene rings is 3. The summed E-state index contributed by atoms with van der Waals surface area (Å²) in [4.78, 5) is 12.9. The highest BCUT2D eigenvalue weighted by Gasteiger charge is 2.23. The number of nitrogens with one attached hydrogen (secondary N) is 1. The van der Waals surface area contributed by atoms with Gasteiger partial charge in [0.15, 0.2) is 0 Å². The van der Waals surface area contributed by atoms with Gasteiger partial charge < -0.3 is 5.32 Å². The van der Waals surface area contributed by atoms with E-state index in [1.807, 2.05) is 93.6 Å². The Labute approximate surface area is 190 Å². The van der Waals surface area contributed by atoms with Crippen molar-refractivity contribution in [2.45, 2.75) is 27.3 Å². The topological polar surface area (TPSA) is 66.5 Å². The molecule has 0 atom stereocenters. The van der Waals surface area contributed by atoms with Crippen molar-refractivity contribution in [1.29, 1.82) is 0 Å². The Kier molecular flexibility index (Phi) is 7.62. The molecular weight excluding hydrogens is 420 g/mol. The molecule has 3 aromatic carbocycles.